The molecule has 1 aromatic heterocycles. The quantitative estimate of drug-likeness (QED) is 0.521. The summed E-state index contributed by atoms with van der Waals surface area (Å²) in [5.41, 5.74) is 6.11. The van der Waals surface area contributed by atoms with Gasteiger partial charge in [-0.15, -0.1) is 0 Å². The largest absolute Gasteiger partial charge is 0.444 e. The van der Waals surface area contributed by atoms with Crippen LogP contribution in [0.15, 0.2) is 54.7 Å². The zero-order chi connectivity index (χ0) is 23.3. The van der Waals surface area contributed by atoms with E-state index in [0.717, 1.165) is 23.2 Å². The molecule has 2 amide bonds. The molecule has 0 bridgehead atoms. The first-order valence-electron chi connectivity index (χ1n) is 10.8. The molecule has 0 fully saturated rings. The Labute approximate surface area is 188 Å². The third kappa shape index (κ3) is 5.88. The minimum Gasteiger partial charge on any atom is -0.444 e. The van der Waals surface area contributed by atoms with Crippen molar-refractivity contribution < 1.29 is 19.2 Å². The molecule has 7 heteroatoms. The first kappa shape index (κ1) is 23.3. The smallest absolute Gasteiger partial charge is 0.408 e. The number of para-hydroxylation sites is 1. The van der Waals surface area contributed by atoms with Crippen molar-refractivity contribution in [3.8, 4) is 11.1 Å². The number of hydrogen-bond donors (Lipinski definition) is 2. The molecule has 0 saturated heterocycles. The van der Waals surface area contributed by atoms with E-state index >= 15 is 0 Å². The molecule has 1 unspecified atom stereocenters. The van der Waals surface area contributed by atoms with E-state index in [-0.39, 0.29) is 6.61 Å². The highest BCUT2D eigenvalue weighted by Gasteiger charge is 2.21. The second-order valence-electron chi connectivity index (χ2n) is 8.67. The van der Waals surface area contributed by atoms with Gasteiger partial charge in [-0.2, -0.15) is 0 Å². The highest BCUT2D eigenvalue weighted by atomic mass is 16.7. The van der Waals surface area contributed by atoms with Crippen LogP contribution >= 0.6 is 0 Å². The Hall–Kier alpha value is -3.32. The van der Waals surface area contributed by atoms with Crippen LogP contribution in [-0.4, -0.2) is 28.2 Å². The third-order valence-electron chi connectivity index (χ3n) is 4.91. The Morgan fingerprint density at radius 2 is 1.84 bits per heavy atom. The zero-order valence-corrected chi connectivity index (χ0v) is 19.3. The number of carbonyl (C=O) groups is 2. The topological polar surface area (TPSA) is 81.6 Å². The molecule has 0 saturated carbocycles. The molecule has 170 valence electrons. The van der Waals surface area contributed by atoms with Crippen LogP contribution in [0.2, 0.25) is 0 Å². The van der Waals surface area contributed by atoms with Crippen molar-refractivity contribution in [1.82, 2.24) is 15.4 Å². The van der Waals surface area contributed by atoms with Crippen molar-refractivity contribution in [2.45, 2.75) is 59.4 Å². The molecule has 1 atom stereocenters. The Morgan fingerprint density at radius 1 is 1.09 bits per heavy atom. The van der Waals surface area contributed by atoms with Crippen LogP contribution in [0.5, 0.6) is 0 Å². The van der Waals surface area contributed by atoms with Gasteiger partial charge in [0.05, 0.1) is 6.61 Å². The standard InChI is InChI=1S/C25H31N3O4/c1-6-28-15-21(20-12-7-8-13-22(20)28)19-11-9-10-18(14-19)16-31-27-23(29)17(2)26-24(30)32-25(3,4)5/h7-15,17H,6,16H2,1-5H3,(H,26,30)(H,27,29). The molecule has 2 N–H and O–H groups in total. The summed E-state index contributed by atoms with van der Waals surface area (Å²) in [7, 11) is 0. The lowest BCUT2D eigenvalue weighted by atomic mass is 10.0. The fraction of sp³-hybridized carbons (Fsp3) is 0.360. The number of hydroxylamine groups is 1. The van der Waals surface area contributed by atoms with Crippen LogP contribution in [0, 0.1) is 0 Å². The van der Waals surface area contributed by atoms with Crippen molar-refractivity contribution in [1.29, 1.82) is 0 Å². The van der Waals surface area contributed by atoms with Gasteiger partial charge < -0.3 is 14.6 Å². The van der Waals surface area contributed by atoms with E-state index < -0.39 is 23.6 Å². The molecule has 0 spiro atoms. The van der Waals surface area contributed by atoms with E-state index in [4.69, 9.17) is 9.57 Å². The summed E-state index contributed by atoms with van der Waals surface area (Å²) in [6.45, 7) is 10.1. The van der Waals surface area contributed by atoms with Gasteiger partial charge in [0.25, 0.3) is 5.91 Å². The zero-order valence-electron chi connectivity index (χ0n) is 19.3. The molecule has 2 aromatic carbocycles. The molecule has 3 aromatic rings. The molecule has 3 rings (SSSR count). The summed E-state index contributed by atoms with van der Waals surface area (Å²) in [4.78, 5) is 29.4. The van der Waals surface area contributed by atoms with Gasteiger partial charge in [-0.05, 0) is 57.9 Å². The first-order valence-corrected chi connectivity index (χ1v) is 10.8. The maximum atomic E-state index is 12.2. The lowest BCUT2D eigenvalue weighted by Gasteiger charge is -2.21. The van der Waals surface area contributed by atoms with E-state index in [2.05, 4.69) is 52.8 Å². The number of ether oxygens (including phenoxy) is 1. The summed E-state index contributed by atoms with van der Waals surface area (Å²) in [6, 6.07) is 15.6. The summed E-state index contributed by atoms with van der Waals surface area (Å²) in [5, 5.41) is 3.68. The van der Waals surface area contributed by atoms with Gasteiger partial charge in [-0.25, -0.2) is 10.3 Å². The number of nitrogens with one attached hydrogen (secondary N) is 2. The van der Waals surface area contributed by atoms with Gasteiger partial charge in [-0.3, -0.25) is 9.63 Å². The second-order valence-corrected chi connectivity index (χ2v) is 8.67. The van der Waals surface area contributed by atoms with E-state index in [9.17, 15) is 9.59 Å². The summed E-state index contributed by atoms with van der Waals surface area (Å²) < 4.78 is 7.38. The molecule has 0 aliphatic heterocycles. The van der Waals surface area contributed by atoms with Crippen LogP contribution in [0.25, 0.3) is 22.0 Å². The van der Waals surface area contributed by atoms with E-state index in [1.165, 1.54) is 10.9 Å². The monoisotopic (exact) mass is 437 g/mol. The molecule has 0 radical (unpaired) electrons. The van der Waals surface area contributed by atoms with Crippen molar-refractivity contribution in [3.05, 3.63) is 60.3 Å². The fourth-order valence-corrected chi connectivity index (χ4v) is 3.40. The van der Waals surface area contributed by atoms with Crippen molar-refractivity contribution in [2.24, 2.45) is 0 Å². The van der Waals surface area contributed by atoms with E-state index in [1.54, 1.807) is 27.7 Å². The number of fused-ring (bicyclic) bond motifs is 1. The fourth-order valence-electron chi connectivity index (χ4n) is 3.40. The van der Waals surface area contributed by atoms with E-state index in [1.807, 2.05) is 24.3 Å². The number of benzene rings is 2. The second kappa shape index (κ2) is 9.87. The Bertz CT molecular complexity index is 1100. The lowest BCUT2D eigenvalue weighted by molar-refractivity contribution is -0.136. The molecular formula is C25H31N3O4. The summed E-state index contributed by atoms with van der Waals surface area (Å²) in [5.74, 6) is -0.460. The number of rotatable bonds is 7. The lowest BCUT2D eigenvalue weighted by Crippen LogP contribution is -2.46. The Balaban J connectivity index is 1.60. The number of carbonyl (C=O) groups excluding carboxylic acids is 2. The van der Waals surface area contributed by atoms with Crippen LogP contribution < -0.4 is 10.8 Å². The van der Waals surface area contributed by atoms with Crippen LogP contribution in [0.3, 0.4) is 0 Å². The van der Waals surface area contributed by atoms with Crippen molar-refractivity contribution in [3.63, 3.8) is 0 Å². The average molecular weight is 438 g/mol. The Morgan fingerprint density at radius 3 is 2.56 bits per heavy atom. The van der Waals surface area contributed by atoms with Gasteiger partial charge >= 0.3 is 6.09 Å². The third-order valence-corrected chi connectivity index (χ3v) is 4.91. The SMILES string of the molecule is CCn1cc(-c2cccc(CONC(=O)C(C)NC(=O)OC(C)(C)C)c2)c2ccccc21. The molecular weight excluding hydrogens is 406 g/mol. The highest BCUT2D eigenvalue weighted by Crippen LogP contribution is 2.31. The van der Waals surface area contributed by atoms with Crippen LogP contribution in [0.4, 0.5) is 4.79 Å². The first-order chi connectivity index (χ1) is 15.2. The minimum atomic E-state index is -0.795. The van der Waals surface area contributed by atoms with Gasteiger partial charge in [0, 0.05) is 29.2 Å². The molecule has 1 heterocycles. The van der Waals surface area contributed by atoms with Gasteiger partial charge in [0.15, 0.2) is 0 Å². The molecule has 0 aliphatic carbocycles. The van der Waals surface area contributed by atoms with Gasteiger partial charge in [0.1, 0.15) is 11.6 Å². The number of aromatic nitrogens is 1. The predicted octanol–water partition coefficient (Wildman–Crippen LogP) is 4.79. The van der Waals surface area contributed by atoms with Crippen molar-refractivity contribution >= 4 is 22.9 Å². The molecule has 32 heavy (non-hydrogen) atoms. The maximum absolute atomic E-state index is 12.2. The number of amides is 2. The number of hydrogen-bond acceptors (Lipinski definition) is 4. The van der Waals surface area contributed by atoms with E-state index in [0.29, 0.717) is 0 Å². The number of alkyl carbamates (subject to hydrolysis) is 1. The number of nitrogens with zero attached hydrogens (tertiary/aromatic N) is 1. The summed E-state index contributed by atoms with van der Waals surface area (Å²) >= 11 is 0. The maximum Gasteiger partial charge on any atom is 0.408 e. The summed E-state index contributed by atoms with van der Waals surface area (Å²) in [6.07, 6.45) is 1.51. The highest BCUT2D eigenvalue weighted by molar-refractivity contribution is 5.96. The predicted molar refractivity (Wildman–Crippen MR) is 125 cm³/mol. The Kier molecular flexibility index (Phi) is 7.20. The average Bonchev–Trinajstić information content (AvgIpc) is 3.11. The van der Waals surface area contributed by atoms with Gasteiger partial charge in [0.2, 0.25) is 0 Å². The normalized spacial score (nSPS) is 12.4. The van der Waals surface area contributed by atoms with Crippen LogP contribution in [0.1, 0.15) is 40.2 Å². The number of aryl methyl sites for hydroxylation is 1. The molecule has 0 aliphatic rings. The molecule has 7 nitrogen and oxygen atoms in total. The van der Waals surface area contributed by atoms with Crippen LogP contribution in [-0.2, 0) is 27.5 Å². The van der Waals surface area contributed by atoms with Gasteiger partial charge in [-0.1, -0.05) is 36.4 Å². The minimum absolute atomic E-state index is 0.200. The van der Waals surface area contributed by atoms with Crippen molar-refractivity contribution in [2.75, 3.05) is 0 Å².